The van der Waals surface area contributed by atoms with E-state index in [4.69, 9.17) is 4.74 Å². The van der Waals surface area contributed by atoms with Crippen LogP contribution in [0.5, 0.6) is 5.88 Å². The molecule has 1 aromatic heterocycles. The molecule has 1 atom stereocenters. The summed E-state index contributed by atoms with van der Waals surface area (Å²) >= 11 is 0. The van der Waals surface area contributed by atoms with Crippen LogP contribution in [0.2, 0.25) is 0 Å². The molecule has 3 rings (SSSR count). The van der Waals surface area contributed by atoms with E-state index < -0.39 is 0 Å². The Morgan fingerprint density at radius 2 is 2.19 bits per heavy atom. The smallest absolute Gasteiger partial charge is 0.273 e. The highest BCUT2D eigenvalue weighted by Crippen LogP contribution is 2.24. The molecule has 0 saturated carbocycles. The van der Waals surface area contributed by atoms with Crippen LogP contribution < -0.4 is 9.64 Å². The van der Waals surface area contributed by atoms with Crippen molar-refractivity contribution in [1.29, 1.82) is 0 Å². The predicted molar refractivity (Wildman–Crippen MR) is 98.4 cm³/mol. The minimum absolute atomic E-state index is 0.180. The third-order valence-electron chi connectivity index (χ3n) is 4.75. The fourth-order valence-corrected chi connectivity index (χ4v) is 3.33. The second-order valence-electron chi connectivity index (χ2n) is 6.43. The van der Waals surface area contributed by atoms with E-state index in [1.165, 1.54) is 0 Å². The van der Waals surface area contributed by atoms with Crippen molar-refractivity contribution >= 4 is 11.6 Å². The highest BCUT2D eigenvalue weighted by molar-refractivity contribution is 5.40. The fourth-order valence-electron chi connectivity index (χ4n) is 3.33. The van der Waals surface area contributed by atoms with Gasteiger partial charge in [-0.25, -0.2) is 4.98 Å². The number of likely N-dealkylation sites (N-methyl/N-ethyl adjacent to an activating group) is 1. The molecule has 138 valence electrons. The third-order valence-corrected chi connectivity index (χ3v) is 4.75. The molecule has 1 saturated heterocycles. The standard InChI is InChI=1S/C18H23N5O3/c1-21(18-19-10-9-17(20-18)26-2)15-7-5-11-22(13-15)12-14-6-3-4-8-16(14)23(24)25/h3-4,6,8-10,15H,5,7,11-13H2,1-2H3. The highest BCUT2D eigenvalue weighted by Gasteiger charge is 2.26. The van der Waals surface area contributed by atoms with E-state index in [-0.39, 0.29) is 16.7 Å². The van der Waals surface area contributed by atoms with Gasteiger partial charge in [0.15, 0.2) is 0 Å². The fraction of sp³-hybridized carbons (Fsp3) is 0.444. The lowest BCUT2D eigenvalue weighted by Crippen LogP contribution is -2.46. The lowest BCUT2D eigenvalue weighted by Gasteiger charge is -2.37. The highest BCUT2D eigenvalue weighted by atomic mass is 16.6. The molecule has 1 unspecified atom stereocenters. The van der Waals surface area contributed by atoms with Crippen LogP contribution in [0.3, 0.4) is 0 Å². The Morgan fingerprint density at radius 1 is 1.38 bits per heavy atom. The number of anilines is 1. The first-order valence-electron chi connectivity index (χ1n) is 8.63. The van der Waals surface area contributed by atoms with Crippen molar-refractivity contribution in [2.45, 2.75) is 25.4 Å². The number of hydrogen-bond acceptors (Lipinski definition) is 7. The SMILES string of the molecule is COc1ccnc(N(C)C2CCCN(Cc3ccccc3[N+](=O)[O-])C2)n1. The summed E-state index contributed by atoms with van der Waals surface area (Å²) in [4.78, 5) is 24.0. The van der Waals surface area contributed by atoms with Gasteiger partial charge in [0.25, 0.3) is 5.69 Å². The molecule has 8 heteroatoms. The zero-order chi connectivity index (χ0) is 18.5. The van der Waals surface area contributed by atoms with Crippen LogP contribution in [0.15, 0.2) is 36.5 Å². The van der Waals surface area contributed by atoms with Crippen molar-refractivity contribution in [3.63, 3.8) is 0 Å². The average molecular weight is 357 g/mol. The van der Waals surface area contributed by atoms with E-state index in [0.29, 0.717) is 18.4 Å². The molecule has 0 amide bonds. The summed E-state index contributed by atoms with van der Waals surface area (Å²) < 4.78 is 5.18. The number of para-hydroxylation sites is 1. The Labute approximate surface area is 152 Å². The quantitative estimate of drug-likeness (QED) is 0.580. The summed E-state index contributed by atoms with van der Waals surface area (Å²) in [7, 11) is 3.56. The van der Waals surface area contributed by atoms with E-state index in [0.717, 1.165) is 31.5 Å². The number of ether oxygens (including phenoxy) is 1. The number of benzene rings is 1. The van der Waals surface area contributed by atoms with Gasteiger partial charge in [0, 0.05) is 50.1 Å². The third kappa shape index (κ3) is 4.08. The molecule has 1 fully saturated rings. The molecule has 0 spiro atoms. The first kappa shape index (κ1) is 18.1. The molecule has 2 aromatic rings. The summed E-state index contributed by atoms with van der Waals surface area (Å²) in [6.45, 7) is 2.30. The van der Waals surface area contributed by atoms with Crippen LogP contribution in [0.4, 0.5) is 11.6 Å². The van der Waals surface area contributed by atoms with E-state index in [9.17, 15) is 10.1 Å². The summed E-state index contributed by atoms with van der Waals surface area (Å²) in [5, 5.41) is 11.2. The number of likely N-dealkylation sites (tertiary alicyclic amines) is 1. The largest absolute Gasteiger partial charge is 0.481 e. The molecule has 1 aliphatic rings. The molecule has 0 radical (unpaired) electrons. The molecule has 0 aliphatic carbocycles. The maximum Gasteiger partial charge on any atom is 0.273 e. The number of rotatable bonds is 6. The molecule has 8 nitrogen and oxygen atoms in total. The van der Waals surface area contributed by atoms with Crippen LogP contribution >= 0.6 is 0 Å². The van der Waals surface area contributed by atoms with Crippen molar-refractivity contribution in [2.75, 3.05) is 32.1 Å². The van der Waals surface area contributed by atoms with Gasteiger partial charge in [-0.15, -0.1) is 0 Å². The first-order valence-corrected chi connectivity index (χ1v) is 8.63. The van der Waals surface area contributed by atoms with E-state index in [2.05, 4.69) is 19.8 Å². The van der Waals surface area contributed by atoms with Crippen molar-refractivity contribution in [3.8, 4) is 5.88 Å². The van der Waals surface area contributed by atoms with Crippen molar-refractivity contribution in [3.05, 3.63) is 52.2 Å². The van der Waals surface area contributed by atoms with Gasteiger partial charge in [-0.1, -0.05) is 18.2 Å². The van der Waals surface area contributed by atoms with Gasteiger partial charge in [-0.05, 0) is 19.4 Å². The Bertz CT molecular complexity index is 770. The Balaban J connectivity index is 1.70. The lowest BCUT2D eigenvalue weighted by atomic mass is 10.0. The molecule has 1 aliphatic heterocycles. The van der Waals surface area contributed by atoms with Crippen molar-refractivity contribution < 1.29 is 9.66 Å². The lowest BCUT2D eigenvalue weighted by molar-refractivity contribution is -0.385. The molecule has 0 bridgehead atoms. The monoisotopic (exact) mass is 357 g/mol. The first-order chi connectivity index (χ1) is 12.6. The molecule has 26 heavy (non-hydrogen) atoms. The summed E-state index contributed by atoms with van der Waals surface area (Å²) in [5.41, 5.74) is 0.928. The topological polar surface area (TPSA) is 84.6 Å². The summed E-state index contributed by atoms with van der Waals surface area (Å²) in [6.07, 6.45) is 3.75. The second kappa shape index (κ2) is 8.09. The van der Waals surface area contributed by atoms with Crippen molar-refractivity contribution in [2.24, 2.45) is 0 Å². The van der Waals surface area contributed by atoms with E-state index in [1.54, 1.807) is 31.5 Å². The van der Waals surface area contributed by atoms with Crippen LogP contribution in [0.25, 0.3) is 0 Å². The second-order valence-corrected chi connectivity index (χ2v) is 6.43. The molecular formula is C18H23N5O3. The van der Waals surface area contributed by atoms with Gasteiger partial charge < -0.3 is 9.64 Å². The van der Waals surface area contributed by atoms with Crippen LogP contribution in [0.1, 0.15) is 18.4 Å². The zero-order valence-corrected chi connectivity index (χ0v) is 15.0. The van der Waals surface area contributed by atoms with Crippen LogP contribution in [0, 0.1) is 10.1 Å². The van der Waals surface area contributed by atoms with E-state index in [1.807, 2.05) is 19.2 Å². The number of methoxy groups -OCH3 is 1. The van der Waals surface area contributed by atoms with Gasteiger partial charge in [-0.2, -0.15) is 4.98 Å². The van der Waals surface area contributed by atoms with Crippen molar-refractivity contribution in [1.82, 2.24) is 14.9 Å². The number of nitrogens with zero attached hydrogens (tertiary/aromatic N) is 5. The van der Waals surface area contributed by atoms with Gasteiger partial charge in [0.1, 0.15) is 0 Å². The average Bonchev–Trinajstić information content (AvgIpc) is 2.68. The molecule has 2 heterocycles. The Morgan fingerprint density at radius 3 is 2.96 bits per heavy atom. The van der Waals surface area contributed by atoms with Crippen LogP contribution in [-0.2, 0) is 6.54 Å². The number of nitro groups is 1. The van der Waals surface area contributed by atoms with Gasteiger partial charge >= 0.3 is 0 Å². The van der Waals surface area contributed by atoms with Gasteiger partial charge in [-0.3, -0.25) is 15.0 Å². The number of hydrogen-bond donors (Lipinski definition) is 0. The van der Waals surface area contributed by atoms with Gasteiger partial charge in [0.05, 0.1) is 12.0 Å². The van der Waals surface area contributed by atoms with Gasteiger partial charge in [0.2, 0.25) is 11.8 Å². The number of aromatic nitrogens is 2. The maximum atomic E-state index is 11.2. The normalized spacial score (nSPS) is 17.7. The Hall–Kier alpha value is -2.74. The maximum absolute atomic E-state index is 11.2. The molecule has 0 N–H and O–H groups in total. The predicted octanol–water partition coefficient (Wildman–Crippen LogP) is 2.49. The number of piperidine rings is 1. The summed E-state index contributed by atoms with van der Waals surface area (Å²) in [6, 6.07) is 8.91. The Kier molecular flexibility index (Phi) is 5.62. The van der Waals surface area contributed by atoms with Crippen LogP contribution in [-0.4, -0.2) is 53.1 Å². The minimum atomic E-state index is -0.313. The zero-order valence-electron chi connectivity index (χ0n) is 15.0. The molecule has 1 aromatic carbocycles. The summed E-state index contributed by atoms with van der Waals surface area (Å²) in [5.74, 6) is 1.16. The van der Waals surface area contributed by atoms with E-state index >= 15 is 0 Å². The minimum Gasteiger partial charge on any atom is -0.481 e. The number of nitro benzene ring substituents is 1. The molecular weight excluding hydrogens is 334 g/mol.